The molecule has 11 heteroatoms. The lowest BCUT2D eigenvalue weighted by Crippen LogP contribution is -2.43. The molecule has 1 heterocycles. The molecule has 0 aliphatic rings. The van der Waals surface area contributed by atoms with E-state index in [1.165, 1.54) is 6.07 Å². The van der Waals surface area contributed by atoms with Gasteiger partial charge in [0.15, 0.2) is 0 Å². The molecule has 2 rings (SSSR count). The second kappa shape index (κ2) is 12.2. The molecule has 2 amide bonds. The maximum atomic E-state index is 12.5. The fourth-order valence-electron chi connectivity index (χ4n) is 3.03. The summed E-state index contributed by atoms with van der Waals surface area (Å²) in [6.07, 6.45) is 0.182. The van der Waals surface area contributed by atoms with Crippen LogP contribution in [-0.2, 0) is 16.0 Å². The number of carbonyl (C=O) groups excluding carboxylic acids is 2. The number of benzene rings is 1. The fourth-order valence-corrected chi connectivity index (χ4v) is 4.42. The molecule has 4 N–H and O–H groups in total. The number of aliphatic carboxylic acids is 1. The number of hydrogen-bond donors (Lipinski definition) is 4. The summed E-state index contributed by atoms with van der Waals surface area (Å²) in [5.41, 5.74) is 0.116. The molecule has 0 saturated carbocycles. The first-order chi connectivity index (χ1) is 15.8. The van der Waals surface area contributed by atoms with E-state index in [0.29, 0.717) is 12.1 Å². The summed E-state index contributed by atoms with van der Waals surface area (Å²) in [5, 5.41) is 14.3. The summed E-state index contributed by atoms with van der Waals surface area (Å²) < 4.78 is 6.88. The number of aromatic nitrogens is 1. The van der Waals surface area contributed by atoms with Crippen molar-refractivity contribution in [2.24, 2.45) is 0 Å². The van der Waals surface area contributed by atoms with E-state index in [1.807, 2.05) is 18.2 Å². The lowest BCUT2D eigenvalue weighted by Gasteiger charge is -2.20. The largest absolute Gasteiger partial charge is 0.480 e. The van der Waals surface area contributed by atoms with Crippen LogP contribution in [0.1, 0.15) is 55.2 Å². The van der Waals surface area contributed by atoms with Crippen molar-refractivity contribution < 1.29 is 24.2 Å². The Labute approximate surface area is 213 Å². The molecule has 0 saturated heterocycles. The van der Waals surface area contributed by atoms with Crippen molar-refractivity contribution in [3.63, 3.8) is 0 Å². The highest BCUT2D eigenvalue weighted by atomic mass is 79.9. The molecule has 184 valence electrons. The molecule has 0 aliphatic heterocycles. The van der Waals surface area contributed by atoms with Crippen LogP contribution in [-0.4, -0.2) is 46.2 Å². The van der Waals surface area contributed by atoms with Crippen LogP contribution in [0.5, 0.6) is 0 Å². The number of H-pyrrole nitrogens is 1. The summed E-state index contributed by atoms with van der Waals surface area (Å²) in [7, 11) is 0. The van der Waals surface area contributed by atoms with Gasteiger partial charge < -0.3 is 25.5 Å². The highest BCUT2D eigenvalue weighted by Crippen LogP contribution is 2.21. The van der Waals surface area contributed by atoms with Gasteiger partial charge in [0, 0.05) is 27.6 Å². The van der Waals surface area contributed by atoms with Crippen LogP contribution in [0.15, 0.2) is 44.1 Å². The number of alkyl carbamates (subject to hydrolysis) is 1. The number of carboxylic acid groups (broad SMARTS) is 1. The highest BCUT2D eigenvalue weighted by Gasteiger charge is 2.22. The van der Waals surface area contributed by atoms with E-state index in [2.05, 4.69) is 47.5 Å². The van der Waals surface area contributed by atoms with E-state index in [9.17, 15) is 24.3 Å². The van der Waals surface area contributed by atoms with Gasteiger partial charge in [-0.25, -0.2) is 9.59 Å². The Balaban J connectivity index is 1.95. The smallest absolute Gasteiger partial charge is 0.407 e. The third-order valence-electron chi connectivity index (χ3n) is 4.47. The first-order valence-electron chi connectivity index (χ1n) is 10.5. The van der Waals surface area contributed by atoms with Crippen molar-refractivity contribution >= 4 is 49.8 Å². The summed E-state index contributed by atoms with van der Waals surface area (Å²) in [5.74, 6) is -2.02. The van der Waals surface area contributed by atoms with Crippen LogP contribution in [0.3, 0.4) is 0 Å². The first kappa shape index (κ1) is 27.6. The van der Waals surface area contributed by atoms with Crippen molar-refractivity contribution in [2.45, 2.75) is 51.7 Å². The number of rotatable bonds is 9. The zero-order valence-electron chi connectivity index (χ0n) is 19.0. The Kier molecular flexibility index (Phi) is 9.87. The standard InChI is InChI=1S/C23H27Br2N3O6/c1-23(2,3)34-22(33)26-8-4-5-18(21(31)32)28-20(30)17-7-6-16(27-19(17)29)11-13-9-14(24)12-15(25)10-13/h6-7,9-10,12,18H,4-5,8,11H2,1-3H3,(H,26,33)(H,27,29)(H,28,30)(H,31,32)/t18-/m0/s1. The first-order valence-corrected chi connectivity index (χ1v) is 12.1. The van der Waals surface area contributed by atoms with Crippen LogP contribution < -0.4 is 16.2 Å². The predicted octanol–water partition coefficient (Wildman–Crippen LogP) is 3.98. The maximum absolute atomic E-state index is 12.5. The molecule has 34 heavy (non-hydrogen) atoms. The maximum Gasteiger partial charge on any atom is 0.407 e. The van der Waals surface area contributed by atoms with Crippen molar-refractivity contribution in [2.75, 3.05) is 6.54 Å². The van der Waals surface area contributed by atoms with Crippen molar-refractivity contribution in [1.82, 2.24) is 15.6 Å². The van der Waals surface area contributed by atoms with E-state index < -0.39 is 35.2 Å². The zero-order chi connectivity index (χ0) is 25.5. The monoisotopic (exact) mass is 599 g/mol. The number of carboxylic acids is 1. The predicted molar refractivity (Wildman–Crippen MR) is 134 cm³/mol. The lowest BCUT2D eigenvalue weighted by atomic mass is 10.1. The number of carbonyl (C=O) groups is 3. The second-order valence-corrected chi connectivity index (χ2v) is 10.4. The van der Waals surface area contributed by atoms with Gasteiger partial charge in [-0.2, -0.15) is 0 Å². The molecular weight excluding hydrogens is 574 g/mol. The molecular formula is C23H27Br2N3O6. The normalized spacial score (nSPS) is 12.0. The number of nitrogens with one attached hydrogen (secondary N) is 3. The fraction of sp³-hybridized carbons (Fsp3) is 0.391. The number of halogens is 2. The van der Waals surface area contributed by atoms with E-state index in [0.717, 1.165) is 14.5 Å². The van der Waals surface area contributed by atoms with Crippen LogP contribution in [0.2, 0.25) is 0 Å². The van der Waals surface area contributed by atoms with Gasteiger partial charge in [-0.05, 0) is 69.5 Å². The molecule has 1 aromatic carbocycles. The van der Waals surface area contributed by atoms with Gasteiger partial charge in [0.1, 0.15) is 17.2 Å². The zero-order valence-corrected chi connectivity index (χ0v) is 22.2. The van der Waals surface area contributed by atoms with E-state index in [1.54, 1.807) is 26.8 Å². The number of pyridine rings is 1. The van der Waals surface area contributed by atoms with Crippen LogP contribution in [0, 0.1) is 0 Å². The third kappa shape index (κ3) is 9.30. The van der Waals surface area contributed by atoms with Gasteiger partial charge in [0.05, 0.1) is 0 Å². The van der Waals surface area contributed by atoms with Gasteiger partial charge in [0.25, 0.3) is 11.5 Å². The van der Waals surface area contributed by atoms with E-state index in [4.69, 9.17) is 4.74 Å². The summed E-state index contributed by atoms with van der Waals surface area (Å²) in [4.78, 5) is 50.9. The Morgan fingerprint density at radius 3 is 2.32 bits per heavy atom. The third-order valence-corrected chi connectivity index (χ3v) is 5.39. The average Bonchev–Trinajstić information content (AvgIpc) is 2.67. The average molecular weight is 601 g/mol. The number of aromatic amines is 1. The van der Waals surface area contributed by atoms with Crippen molar-refractivity contribution in [3.8, 4) is 0 Å². The highest BCUT2D eigenvalue weighted by molar-refractivity contribution is 9.11. The molecule has 0 aliphatic carbocycles. The Hall–Kier alpha value is -2.66. The van der Waals surface area contributed by atoms with Crippen LogP contribution >= 0.6 is 31.9 Å². The van der Waals surface area contributed by atoms with Gasteiger partial charge in [-0.3, -0.25) is 9.59 Å². The summed E-state index contributed by atoms with van der Waals surface area (Å²) >= 11 is 6.83. The van der Waals surface area contributed by atoms with Crippen molar-refractivity contribution in [3.05, 3.63) is 66.5 Å². The molecule has 0 spiro atoms. The molecule has 1 atom stereocenters. The minimum Gasteiger partial charge on any atom is -0.480 e. The topological polar surface area (TPSA) is 138 Å². The Bertz CT molecular complexity index is 1090. The molecule has 0 unspecified atom stereocenters. The molecule has 0 bridgehead atoms. The molecule has 0 radical (unpaired) electrons. The lowest BCUT2D eigenvalue weighted by molar-refractivity contribution is -0.139. The van der Waals surface area contributed by atoms with E-state index in [-0.39, 0.29) is 24.9 Å². The summed E-state index contributed by atoms with van der Waals surface area (Å²) in [6.45, 7) is 5.37. The quantitative estimate of drug-likeness (QED) is 0.321. The second-order valence-electron chi connectivity index (χ2n) is 8.62. The van der Waals surface area contributed by atoms with Gasteiger partial charge in [-0.15, -0.1) is 0 Å². The van der Waals surface area contributed by atoms with Gasteiger partial charge in [-0.1, -0.05) is 31.9 Å². The Morgan fingerprint density at radius 1 is 1.12 bits per heavy atom. The number of hydrogen-bond acceptors (Lipinski definition) is 5. The number of amides is 2. The molecule has 1 aromatic heterocycles. The van der Waals surface area contributed by atoms with Gasteiger partial charge >= 0.3 is 12.1 Å². The summed E-state index contributed by atoms with van der Waals surface area (Å²) in [6, 6.07) is 7.50. The van der Waals surface area contributed by atoms with E-state index >= 15 is 0 Å². The molecule has 2 aromatic rings. The molecule has 0 fully saturated rings. The number of ether oxygens (including phenoxy) is 1. The van der Waals surface area contributed by atoms with Crippen LogP contribution in [0.4, 0.5) is 4.79 Å². The van der Waals surface area contributed by atoms with Crippen LogP contribution in [0.25, 0.3) is 0 Å². The van der Waals surface area contributed by atoms with Crippen molar-refractivity contribution in [1.29, 1.82) is 0 Å². The Morgan fingerprint density at radius 2 is 1.76 bits per heavy atom. The minimum atomic E-state index is -1.24. The van der Waals surface area contributed by atoms with Gasteiger partial charge in [0.2, 0.25) is 0 Å². The SMILES string of the molecule is CC(C)(C)OC(=O)NCCC[C@H](NC(=O)c1ccc(Cc2cc(Br)cc(Br)c2)[nH]c1=O)C(=O)O. The molecule has 9 nitrogen and oxygen atoms in total. The minimum absolute atomic E-state index is 0.0601.